The molecule has 17 rings (SSSR count). The summed E-state index contributed by atoms with van der Waals surface area (Å²) in [7, 11) is 0. The van der Waals surface area contributed by atoms with Crippen LogP contribution in [0.15, 0.2) is 300 Å². The zero-order chi connectivity index (χ0) is 53.8. The maximum Gasteiger partial charge on any atom is 0.139 e. The minimum atomic E-state index is 0.793. The fraction of sp³-hybridized carbons (Fsp3) is 0. The predicted octanol–water partition coefficient (Wildman–Crippen LogP) is 22.7. The zero-order valence-corrected chi connectivity index (χ0v) is 44.4. The lowest BCUT2D eigenvalue weighted by molar-refractivity contribution is 0.656. The molecule has 2 aromatic heterocycles. The van der Waals surface area contributed by atoms with Crippen molar-refractivity contribution >= 4 is 143 Å². The van der Waals surface area contributed by atoms with Gasteiger partial charge in [-0.2, -0.15) is 0 Å². The van der Waals surface area contributed by atoms with Crippen molar-refractivity contribution in [1.29, 1.82) is 0 Å². The summed E-state index contributed by atoms with van der Waals surface area (Å²) in [5.41, 5.74) is 14.4. The van der Waals surface area contributed by atoms with Crippen molar-refractivity contribution < 1.29 is 8.83 Å². The highest BCUT2D eigenvalue weighted by atomic mass is 16.3. The largest absolute Gasteiger partial charge is 0.456 e. The van der Waals surface area contributed by atoms with Gasteiger partial charge in [-0.25, -0.2) is 0 Å². The Balaban J connectivity index is 0.779. The Kier molecular flexibility index (Phi) is 10.3. The Labute approximate surface area is 472 Å². The third-order valence-electron chi connectivity index (χ3n) is 16.9. The monoisotopic (exact) mass is 1040 g/mol. The second-order valence-corrected chi connectivity index (χ2v) is 21.6. The topological polar surface area (TPSA) is 32.8 Å². The molecule has 0 saturated carbocycles. The van der Waals surface area contributed by atoms with E-state index in [1.165, 1.54) is 54.2 Å². The van der Waals surface area contributed by atoms with Crippen LogP contribution in [0.2, 0.25) is 0 Å². The van der Waals surface area contributed by atoms with Crippen LogP contribution in [-0.2, 0) is 0 Å². The van der Waals surface area contributed by atoms with E-state index in [4.69, 9.17) is 8.83 Å². The molecule has 17 aromatic rings. The minimum Gasteiger partial charge on any atom is -0.456 e. The Morgan fingerprint density at radius 2 is 0.549 bits per heavy atom. The molecule has 0 aliphatic heterocycles. The molecule has 82 heavy (non-hydrogen) atoms. The lowest BCUT2D eigenvalue weighted by atomic mass is 9.94. The van der Waals surface area contributed by atoms with E-state index in [-0.39, 0.29) is 0 Å². The summed E-state index contributed by atoms with van der Waals surface area (Å²) in [5, 5.41) is 18.3. The van der Waals surface area contributed by atoms with Crippen molar-refractivity contribution in [3.05, 3.63) is 291 Å². The van der Waals surface area contributed by atoms with Crippen molar-refractivity contribution in [2.45, 2.75) is 0 Å². The lowest BCUT2D eigenvalue weighted by Gasteiger charge is -2.29. The number of para-hydroxylation sites is 2. The lowest BCUT2D eigenvalue weighted by Crippen LogP contribution is -2.12. The van der Waals surface area contributed by atoms with Crippen LogP contribution in [0.5, 0.6) is 0 Å². The van der Waals surface area contributed by atoms with E-state index < -0.39 is 0 Å². The van der Waals surface area contributed by atoms with Gasteiger partial charge in [-0.3, -0.25) is 0 Å². The van der Waals surface area contributed by atoms with Gasteiger partial charge in [-0.15, -0.1) is 0 Å². The van der Waals surface area contributed by atoms with Gasteiger partial charge in [0.2, 0.25) is 0 Å². The SMILES string of the molecule is c1ccc(N(c2ccc3cc4c(cc3c2)oc2cc3oc5cc6cc(N(c7ccccc7)c7c(-c8ccc9ccccc9c8)ccc8ccccc78)ccc6cc5c3cc24)c2c(-c3ccc4ccccc4c3)ccc3ccccc23)cc1. The Morgan fingerprint density at radius 3 is 1.01 bits per heavy atom. The first kappa shape index (κ1) is 46.0. The molecular weight excluding hydrogens is 997 g/mol. The van der Waals surface area contributed by atoms with Crippen LogP contribution in [0.3, 0.4) is 0 Å². The summed E-state index contributed by atoms with van der Waals surface area (Å²) in [6, 6.07) is 106. The quantitative estimate of drug-likeness (QED) is 0.152. The molecule has 4 nitrogen and oxygen atoms in total. The molecule has 0 N–H and O–H groups in total. The molecule has 0 spiro atoms. The van der Waals surface area contributed by atoms with E-state index >= 15 is 0 Å². The van der Waals surface area contributed by atoms with E-state index in [0.717, 1.165) is 111 Å². The fourth-order valence-electron chi connectivity index (χ4n) is 12.9. The zero-order valence-electron chi connectivity index (χ0n) is 44.4. The van der Waals surface area contributed by atoms with Gasteiger partial charge in [-0.05, 0) is 156 Å². The second kappa shape index (κ2) is 18.3. The van der Waals surface area contributed by atoms with Crippen LogP contribution in [0.25, 0.3) is 131 Å². The maximum absolute atomic E-state index is 6.82. The molecule has 0 aliphatic rings. The van der Waals surface area contributed by atoms with Gasteiger partial charge in [0.1, 0.15) is 22.3 Å². The average Bonchev–Trinajstić information content (AvgIpc) is 4.10. The standard InChI is InChI=1S/C78H48N2O2/c1-3-21-61(22-4-1)79(77-65-25-13-11-17-51(65)33-37-67(77)57-29-27-49-15-7-9-19-53(49)39-57)63-35-31-55-43-69-71-47-72-70-44-56-32-36-64(42-60(56)46-74(70)82-76(72)48-75(71)81-73(69)45-59(55)41-63)80(62-23-5-2-6-24-62)78-66-26-14-12-18-52(66)34-38-68(78)58-30-28-50-16-8-10-20-54(50)40-58/h1-48H. The third kappa shape index (κ3) is 7.46. The first-order valence-electron chi connectivity index (χ1n) is 28.0. The highest BCUT2D eigenvalue weighted by molar-refractivity contribution is 6.19. The summed E-state index contributed by atoms with van der Waals surface area (Å²) < 4.78 is 13.6. The first-order valence-corrected chi connectivity index (χ1v) is 28.0. The van der Waals surface area contributed by atoms with E-state index in [9.17, 15) is 0 Å². The Hall–Kier alpha value is -10.9. The number of hydrogen-bond donors (Lipinski definition) is 0. The maximum atomic E-state index is 6.82. The first-order chi connectivity index (χ1) is 40.6. The van der Waals surface area contributed by atoms with Gasteiger partial charge in [0, 0.05) is 72.3 Å². The summed E-state index contributed by atoms with van der Waals surface area (Å²) in [6.45, 7) is 0. The molecular formula is C78H48N2O2. The molecule has 0 aliphatic carbocycles. The van der Waals surface area contributed by atoms with E-state index in [1.807, 2.05) is 0 Å². The van der Waals surface area contributed by atoms with Gasteiger partial charge < -0.3 is 18.6 Å². The molecule has 0 radical (unpaired) electrons. The molecule has 0 fully saturated rings. The highest BCUT2D eigenvalue weighted by Crippen LogP contribution is 2.49. The van der Waals surface area contributed by atoms with Gasteiger partial charge in [-0.1, -0.05) is 194 Å². The number of nitrogens with zero attached hydrogens (tertiary/aromatic N) is 2. The number of furan rings is 2. The van der Waals surface area contributed by atoms with Crippen molar-refractivity contribution in [3.63, 3.8) is 0 Å². The molecule has 0 bridgehead atoms. The van der Waals surface area contributed by atoms with Gasteiger partial charge in [0.05, 0.1) is 11.4 Å². The number of anilines is 6. The van der Waals surface area contributed by atoms with Crippen molar-refractivity contribution in [3.8, 4) is 22.3 Å². The van der Waals surface area contributed by atoms with Crippen LogP contribution in [0.1, 0.15) is 0 Å². The van der Waals surface area contributed by atoms with Crippen LogP contribution >= 0.6 is 0 Å². The molecule has 0 amide bonds. The van der Waals surface area contributed by atoms with Crippen LogP contribution < -0.4 is 9.80 Å². The molecule has 0 atom stereocenters. The summed E-state index contributed by atoms with van der Waals surface area (Å²) in [5.74, 6) is 0. The van der Waals surface area contributed by atoms with Crippen LogP contribution in [-0.4, -0.2) is 0 Å². The molecule has 4 heteroatoms. The summed E-state index contributed by atoms with van der Waals surface area (Å²) >= 11 is 0. The Morgan fingerprint density at radius 1 is 0.195 bits per heavy atom. The van der Waals surface area contributed by atoms with Crippen molar-refractivity contribution in [2.75, 3.05) is 9.80 Å². The number of hydrogen-bond acceptors (Lipinski definition) is 4. The van der Waals surface area contributed by atoms with Crippen LogP contribution in [0.4, 0.5) is 34.1 Å². The van der Waals surface area contributed by atoms with Crippen molar-refractivity contribution in [1.82, 2.24) is 0 Å². The van der Waals surface area contributed by atoms with Gasteiger partial charge >= 0.3 is 0 Å². The second-order valence-electron chi connectivity index (χ2n) is 21.6. The number of rotatable bonds is 8. The predicted molar refractivity (Wildman–Crippen MR) is 346 cm³/mol. The molecule has 382 valence electrons. The smallest absolute Gasteiger partial charge is 0.139 e. The molecule has 2 heterocycles. The minimum absolute atomic E-state index is 0.793. The van der Waals surface area contributed by atoms with Crippen molar-refractivity contribution in [2.24, 2.45) is 0 Å². The molecule has 0 unspecified atom stereocenters. The average molecular weight is 1050 g/mol. The number of benzene rings is 15. The summed E-state index contributed by atoms with van der Waals surface area (Å²) in [4.78, 5) is 4.85. The van der Waals surface area contributed by atoms with E-state index in [0.29, 0.717) is 0 Å². The molecule has 0 saturated heterocycles. The highest BCUT2D eigenvalue weighted by Gasteiger charge is 2.24. The van der Waals surface area contributed by atoms with E-state index in [1.54, 1.807) is 0 Å². The number of fused-ring (bicyclic) bond motifs is 12. The van der Waals surface area contributed by atoms with Gasteiger partial charge in [0.15, 0.2) is 0 Å². The third-order valence-corrected chi connectivity index (χ3v) is 16.9. The van der Waals surface area contributed by atoms with Gasteiger partial charge in [0.25, 0.3) is 0 Å². The molecule has 15 aromatic carbocycles. The fourth-order valence-corrected chi connectivity index (χ4v) is 12.9. The Bertz CT molecular complexity index is 5090. The van der Waals surface area contributed by atoms with E-state index in [2.05, 4.69) is 301 Å². The summed E-state index contributed by atoms with van der Waals surface area (Å²) in [6.07, 6.45) is 0. The van der Waals surface area contributed by atoms with Crippen LogP contribution in [0, 0.1) is 0 Å². The normalized spacial score (nSPS) is 11.9.